The van der Waals surface area contributed by atoms with E-state index in [4.69, 9.17) is 4.74 Å². The van der Waals surface area contributed by atoms with Crippen LogP contribution in [-0.2, 0) is 6.61 Å². The van der Waals surface area contributed by atoms with E-state index in [1.807, 2.05) is 19.1 Å². The van der Waals surface area contributed by atoms with Crippen LogP contribution >= 0.6 is 11.3 Å². The van der Waals surface area contributed by atoms with Crippen molar-refractivity contribution in [2.24, 2.45) is 0 Å². The molecule has 0 amide bonds. The lowest BCUT2D eigenvalue weighted by Crippen LogP contribution is -2.26. The number of benzene rings is 2. The van der Waals surface area contributed by atoms with Gasteiger partial charge in [0.05, 0.1) is 10.7 Å². The number of aryl methyl sites for hydroxylation is 1. The molecule has 0 spiro atoms. The predicted molar refractivity (Wildman–Crippen MR) is 108 cm³/mol. The Kier molecular flexibility index (Phi) is 5.32. The van der Waals surface area contributed by atoms with Crippen LogP contribution in [0.2, 0.25) is 0 Å². The van der Waals surface area contributed by atoms with Gasteiger partial charge in [-0.05, 0) is 67.6 Å². The van der Waals surface area contributed by atoms with Crippen molar-refractivity contribution in [1.29, 1.82) is 0 Å². The van der Waals surface area contributed by atoms with Gasteiger partial charge in [0.25, 0.3) is 0 Å². The van der Waals surface area contributed by atoms with Gasteiger partial charge in [-0.3, -0.25) is 0 Å². The Balaban J connectivity index is 1.44. The minimum atomic E-state index is 0.523. The third kappa shape index (κ3) is 4.14. The molecule has 0 saturated carbocycles. The van der Waals surface area contributed by atoms with Gasteiger partial charge < -0.3 is 10.1 Å². The zero-order valence-electron chi connectivity index (χ0n) is 15.1. The molecule has 1 aliphatic rings. The minimum absolute atomic E-state index is 0.523. The van der Waals surface area contributed by atoms with E-state index in [-0.39, 0.29) is 0 Å². The van der Waals surface area contributed by atoms with Crippen LogP contribution < -0.4 is 10.1 Å². The molecule has 4 heteroatoms. The molecular weight excluding hydrogens is 340 g/mol. The number of thiazole rings is 1. The number of hydrogen-bond acceptors (Lipinski definition) is 4. The number of piperidine rings is 1. The molecular formula is C22H24N2OS. The lowest BCUT2D eigenvalue weighted by Gasteiger charge is -2.23. The maximum Gasteiger partial charge on any atom is 0.131 e. The lowest BCUT2D eigenvalue weighted by molar-refractivity contribution is 0.302. The van der Waals surface area contributed by atoms with Crippen LogP contribution in [0, 0.1) is 6.92 Å². The van der Waals surface area contributed by atoms with Crippen molar-refractivity contribution < 1.29 is 4.74 Å². The molecule has 0 radical (unpaired) electrons. The second kappa shape index (κ2) is 8.02. The molecule has 2 aromatic carbocycles. The van der Waals surface area contributed by atoms with E-state index < -0.39 is 0 Å². The fourth-order valence-electron chi connectivity index (χ4n) is 3.50. The maximum atomic E-state index is 5.85. The Morgan fingerprint density at radius 3 is 2.62 bits per heavy atom. The number of aromatic nitrogens is 1. The Hall–Kier alpha value is -2.17. The van der Waals surface area contributed by atoms with Gasteiger partial charge in [0.1, 0.15) is 12.4 Å². The molecule has 26 heavy (non-hydrogen) atoms. The summed E-state index contributed by atoms with van der Waals surface area (Å²) in [5.41, 5.74) is 4.97. The van der Waals surface area contributed by atoms with Crippen molar-refractivity contribution in [2.75, 3.05) is 13.1 Å². The highest BCUT2D eigenvalue weighted by Gasteiger charge is 2.15. The van der Waals surface area contributed by atoms with Crippen LogP contribution in [0.1, 0.15) is 35.0 Å². The SMILES string of the molecule is Cc1nc(COc2ccc(-c3cccc(C4CCNCC4)c3)cc2)cs1. The first-order valence-corrected chi connectivity index (χ1v) is 10.1. The van der Waals surface area contributed by atoms with Crippen LogP contribution in [0.25, 0.3) is 11.1 Å². The molecule has 2 heterocycles. The van der Waals surface area contributed by atoms with E-state index in [2.05, 4.69) is 52.1 Å². The molecule has 0 bridgehead atoms. The van der Waals surface area contributed by atoms with Gasteiger partial charge in [0.2, 0.25) is 0 Å². The monoisotopic (exact) mass is 364 g/mol. The molecule has 1 fully saturated rings. The summed E-state index contributed by atoms with van der Waals surface area (Å²) in [7, 11) is 0. The van der Waals surface area contributed by atoms with Gasteiger partial charge >= 0.3 is 0 Å². The second-order valence-corrected chi connectivity index (χ2v) is 7.88. The van der Waals surface area contributed by atoms with Crippen LogP contribution in [0.4, 0.5) is 0 Å². The summed E-state index contributed by atoms with van der Waals surface area (Å²) in [5, 5.41) is 6.57. The first kappa shape index (κ1) is 17.3. The molecule has 0 aliphatic carbocycles. The average Bonchev–Trinajstić information content (AvgIpc) is 3.13. The Morgan fingerprint density at radius 1 is 1.08 bits per heavy atom. The molecule has 0 unspecified atom stereocenters. The van der Waals surface area contributed by atoms with Gasteiger partial charge in [0.15, 0.2) is 0 Å². The smallest absolute Gasteiger partial charge is 0.131 e. The van der Waals surface area contributed by atoms with E-state index >= 15 is 0 Å². The molecule has 3 aromatic rings. The van der Waals surface area contributed by atoms with E-state index in [1.54, 1.807) is 11.3 Å². The third-order valence-electron chi connectivity index (χ3n) is 4.94. The normalized spacial score (nSPS) is 15.1. The van der Waals surface area contributed by atoms with Gasteiger partial charge in [-0.15, -0.1) is 11.3 Å². The quantitative estimate of drug-likeness (QED) is 0.678. The maximum absolute atomic E-state index is 5.85. The van der Waals surface area contributed by atoms with E-state index in [0.717, 1.165) is 29.5 Å². The summed E-state index contributed by atoms with van der Waals surface area (Å²) in [6.45, 7) is 4.79. The number of nitrogens with one attached hydrogen (secondary N) is 1. The summed E-state index contributed by atoms with van der Waals surface area (Å²) in [4.78, 5) is 4.43. The minimum Gasteiger partial charge on any atom is -0.487 e. The molecule has 1 saturated heterocycles. The third-order valence-corrected chi connectivity index (χ3v) is 5.76. The van der Waals surface area contributed by atoms with Gasteiger partial charge in [-0.2, -0.15) is 0 Å². The van der Waals surface area contributed by atoms with Crippen molar-refractivity contribution in [3.8, 4) is 16.9 Å². The Bertz CT molecular complexity index is 851. The fourth-order valence-corrected chi connectivity index (χ4v) is 4.10. The van der Waals surface area contributed by atoms with Gasteiger partial charge in [0, 0.05) is 5.38 Å². The summed E-state index contributed by atoms with van der Waals surface area (Å²) in [6, 6.07) is 17.4. The second-order valence-electron chi connectivity index (χ2n) is 6.82. The summed E-state index contributed by atoms with van der Waals surface area (Å²) in [6.07, 6.45) is 2.46. The first-order chi connectivity index (χ1) is 12.8. The van der Waals surface area contributed by atoms with Crippen LogP contribution in [0.3, 0.4) is 0 Å². The van der Waals surface area contributed by atoms with E-state index in [1.165, 1.54) is 29.5 Å². The largest absolute Gasteiger partial charge is 0.487 e. The fraction of sp³-hybridized carbons (Fsp3) is 0.318. The van der Waals surface area contributed by atoms with Gasteiger partial charge in [-0.1, -0.05) is 36.4 Å². The molecule has 1 N–H and O–H groups in total. The van der Waals surface area contributed by atoms with Crippen molar-refractivity contribution in [3.05, 3.63) is 70.2 Å². The summed E-state index contributed by atoms with van der Waals surface area (Å²) < 4.78 is 5.85. The first-order valence-electron chi connectivity index (χ1n) is 9.23. The molecule has 134 valence electrons. The number of hydrogen-bond donors (Lipinski definition) is 1. The van der Waals surface area contributed by atoms with Crippen molar-refractivity contribution >= 4 is 11.3 Å². The van der Waals surface area contributed by atoms with Crippen molar-refractivity contribution in [2.45, 2.75) is 32.3 Å². The van der Waals surface area contributed by atoms with Crippen molar-refractivity contribution in [3.63, 3.8) is 0 Å². The zero-order valence-corrected chi connectivity index (χ0v) is 15.9. The highest BCUT2D eigenvalue weighted by Crippen LogP contribution is 2.30. The summed E-state index contributed by atoms with van der Waals surface area (Å²) >= 11 is 1.66. The van der Waals surface area contributed by atoms with Crippen LogP contribution in [0.15, 0.2) is 53.9 Å². The molecule has 4 rings (SSSR count). The number of nitrogens with zero attached hydrogens (tertiary/aromatic N) is 1. The van der Waals surface area contributed by atoms with Crippen LogP contribution in [-0.4, -0.2) is 18.1 Å². The van der Waals surface area contributed by atoms with E-state index in [9.17, 15) is 0 Å². The Labute approximate surface area is 159 Å². The average molecular weight is 365 g/mol. The number of rotatable bonds is 5. The van der Waals surface area contributed by atoms with Crippen LogP contribution in [0.5, 0.6) is 5.75 Å². The summed E-state index contributed by atoms with van der Waals surface area (Å²) in [5.74, 6) is 1.56. The highest BCUT2D eigenvalue weighted by atomic mass is 32.1. The molecule has 1 aliphatic heterocycles. The Morgan fingerprint density at radius 2 is 1.88 bits per heavy atom. The number of ether oxygens (including phenoxy) is 1. The molecule has 0 atom stereocenters. The lowest BCUT2D eigenvalue weighted by atomic mass is 9.88. The zero-order chi connectivity index (χ0) is 17.8. The molecule has 1 aromatic heterocycles. The van der Waals surface area contributed by atoms with E-state index in [0.29, 0.717) is 12.5 Å². The predicted octanol–water partition coefficient (Wildman–Crippen LogP) is 5.16. The standard InChI is InChI=1S/C22H24N2OS/c1-16-24-21(15-26-16)14-25-22-7-5-17(6-8-22)19-3-2-4-20(13-19)18-9-11-23-12-10-18/h2-8,13,15,18,23H,9-12,14H2,1H3. The highest BCUT2D eigenvalue weighted by molar-refractivity contribution is 7.09. The van der Waals surface area contributed by atoms with Crippen molar-refractivity contribution in [1.82, 2.24) is 10.3 Å². The van der Waals surface area contributed by atoms with Gasteiger partial charge in [-0.25, -0.2) is 4.98 Å². The molecule has 3 nitrogen and oxygen atoms in total. The topological polar surface area (TPSA) is 34.1 Å².